The minimum absolute atomic E-state index is 0.583. The SMILES string of the molecule is CCNC(=NCc1nccc2ccccc12)NCC(CC)CC. The van der Waals surface area contributed by atoms with E-state index in [0.29, 0.717) is 12.5 Å². The molecule has 124 valence electrons. The van der Waals surface area contributed by atoms with Crippen molar-refractivity contribution in [3.8, 4) is 0 Å². The fourth-order valence-corrected chi connectivity index (χ4v) is 2.62. The largest absolute Gasteiger partial charge is 0.357 e. The van der Waals surface area contributed by atoms with Crippen LogP contribution in [-0.4, -0.2) is 24.0 Å². The Morgan fingerprint density at radius 3 is 2.61 bits per heavy atom. The standard InChI is InChI=1S/C19H28N4/c1-4-15(5-2)13-22-19(20-6-3)23-14-18-17-10-8-7-9-16(17)11-12-21-18/h7-12,15H,4-6,13-14H2,1-3H3,(H2,20,22,23). The lowest BCUT2D eigenvalue weighted by atomic mass is 10.0. The average Bonchev–Trinajstić information content (AvgIpc) is 2.60. The molecule has 0 radical (unpaired) electrons. The van der Waals surface area contributed by atoms with Crippen LogP contribution in [0, 0.1) is 5.92 Å². The van der Waals surface area contributed by atoms with Crippen molar-refractivity contribution in [2.75, 3.05) is 13.1 Å². The summed E-state index contributed by atoms with van der Waals surface area (Å²) in [6.45, 7) is 8.96. The van der Waals surface area contributed by atoms with Crippen LogP contribution in [0.3, 0.4) is 0 Å². The molecule has 0 amide bonds. The summed E-state index contributed by atoms with van der Waals surface area (Å²) in [6, 6.07) is 10.4. The molecule has 0 atom stereocenters. The third kappa shape index (κ3) is 4.95. The van der Waals surface area contributed by atoms with Crippen molar-refractivity contribution in [2.24, 2.45) is 10.9 Å². The Morgan fingerprint density at radius 1 is 1.09 bits per heavy atom. The molecular formula is C19H28N4. The molecule has 23 heavy (non-hydrogen) atoms. The molecule has 4 heteroatoms. The van der Waals surface area contributed by atoms with Crippen LogP contribution < -0.4 is 10.6 Å². The summed E-state index contributed by atoms with van der Waals surface area (Å²) >= 11 is 0. The summed E-state index contributed by atoms with van der Waals surface area (Å²) in [7, 11) is 0. The van der Waals surface area contributed by atoms with Gasteiger partial charge in [0, 0.05) is 24.7 Å². The number of aliphatic imine (C=N–C) groups is 1. The van der Waals surface area contributed by atoms with Gasteiger partial charge in [0.2, 0.25) is 0 Å². The molecule has 1 heterocycles. The molecule has 2 aromatic rings. The lowest BCUT2D eigenvalue weighted by molar-refractivity contribution is 0.481. The lowest BCUT2D eigenvalue weighted by Crippen LogP contribution is -2.39. The van der Waals surface area contributed by atoms with E-state index in [-0.39, 0.29) is 0 Å². The van der Waals surface area contributed by atoms with Gasteiger partial charge in [-0.05, 0) is 24.3 Å². The quantitative estimate of drug-likeness (QED) is 0.605. The van der Waals surface area contributed by atoms with Gasteiger partial charge in [0.15, 0.2) is 5.96 Å². The van der Waals surface area contributed by atoms with Crippen molar-refractivity contribution in [1.29, 1.82) is 0 Å². The minimum Gasteiger partial charge on any atom is -0.357 e. The Hall–Kier alpha value is -2.10. The maximum Gasteiger partial charge on any atom is 0.191 e. The van der Waals surface area contributed by atoms with Gasteiger partial charge in [-0.15, -0.1) is 0 Å². The molecule has 2 N–H and O–H groups in total. The fourth-order valence-electron chi connectivity index (χ4n) is 2.62. The Morgan fingerprint density at radius 2 is 1.87 bits per heavy atom. The predicted octanol–water partition coefficient (Wildman–Crippen LogP) is 3.73. The van der Waals surface area contributed by atoms with E-state index in [1.54, 1.807) is 0 Å². The molecule has 1 aromatic heterocycles. The van der Waals surface area contributed by atoms with Crippen LogP contribution in [0.15, 0.2) is 41.5 Å². The van der Waals surface area contributed by atoms with E-state index >= 15 is 0 Å². The summed E-state index contributed by atoms with van der Waals surface area (Å²) in [5.41, 5.74) is 1.02. The molecule has 0 aliphatic heterocycles. The second-order valence-corrected chi connectivity index (χ2v) is 5.74. The van der Waals surface area contributed by atoms with Gasteiger partial charge < -0.3 is 10.6 Å². The van der Waals surface area contributed by atoms with Crippen LogP contribution in [0.5, 0.6) is 0 Å². The molecule has 1 aromatic carbocycles. The Bertz CT molecular complexity index is 627. The average molecular weight is 312 g/mol. The van der Waals surface area contributed by atoms with Crippen molar-refractivity contribution in [3.05, 3.63) is 42.2 Å². The van der Waals surface area contributed by atoms with E-state index in [9.17, 15) is 0 Å². The summed E-state index contributed by atoms with van der Waals surface area (Å²) in [5, 5.41) is 9.15. The number of hydrogen-bond donors (Lipinski definition) is 2. The molecule has 0 unspecified atom stereocenters. The zero-order valence-electron chi connectivity index (χ0n) is 14.5. The number of pyridine rings is 1. The molecule has 0 aliphatic rings. The number of hydrogen-bond acceptors (Lipinski definition) is 2. The van der Waals surface area contributed by atoms with Gasteiger partial charge in [0.05, 0.1) is 12.2 Å². The topological polar surface area (TPSA) is 49.3 Å². The number of benzene rings is 1. The maximum absolute atomic E-state index is 4.71. The summed E-state index contributed by atoms with van der Waals surface area (Å²) in [4.78, 5) is 9.21. The Balaban J connectivity index is 2.09. The summed E-state index contributed by atoms with van der Waals surface area (Å²) in [5.74, 6) is 1.56. The second-order valence-electron chi connectivity index (χ2n) is 5.74. The molecule has 0 spiro atoms. The van der Waals surface area contributed by atoms with Crippen molar-refractivity contribution in [2.45, 2.75) is 40.2 Å². The van der Waals surface area contributed by atoms with E-state index in [0.717, 1.165) is 24.7 Å². The van der Waals surface area contributed by atoms with Crippen LogP contribution in [0.2, 0.25) is 0 Å². The minimum atomic E-state index is 0.583. The molecule has 4 nitrogen and oxygen atoms in total. The number of nitrogens with zero attached hydrogens (tertiary/aromatic N) is 2. The van der Waals surface area contributed by atoms with Crippen LogP contribution in [-0.2, 0) is 6.54 Å². The second kappa shape index (κ2) is 9.13. The lowest BCUT2D eigenvalue weighted by Gasteiger charge is -2.16. The molecule has 0 bridgehead atoms. The van der Waals surface area contributed by atoms with Crippen LogP contribution in [0.1, 0.15) is 39.3 Å². The molecule has 0 aliphatic carbocycles. The van der Waals surface area contributed by atoms with Gasteiger partial charge in [0.25, 0.3) is 0 Å². The first-order valence-electron chi connectivity index (χ1n) is 8.63. The summed E-state index contributed by atoms with van der Waals surface area (Å²) in [6.07, 6.45) is 4.24. The zero-order chi connectivity index (χ0) is 16.5. The first kappa shape index (κ1) is 17.3. The highest BCUT2D eigenvalue weighted by Crippen LogP contribution is 2.16. The van der Waals surface area contributed by atoms with E-state index in [1.807, 2.05) is 18.3 Å². The van der Waals surface area contributed by atoms with E-state index in [2.05, 4.69) is 54.6 Å². The van der Waals surface area contributed by atoms with Gasteiger partial charge in [-0.3, -0.25) is 4.98 Å². The van der Waals surface area contributed by atoms with E-state index in [4.69, 9.17) is 4.99 Å². The highest BCUT2D eigenvalue weighted by atomic mass is 15.2. The smallest absolute Gasteiger partial charge is 0.191 e. The number of aromatic nitrogens is 1. The Kier molecular flexibility index (Phi) is 6.85. The third-order valence-corrected chi connectivity index (χ3v) is 4.20. The van der Waals surface area contributed by atoms with Crippen molar-refractivity contribution in [3.63, 3.8) is 0 Å². The van der Waals surface area contributed by atoms with Gasteiger partial charge in [-0.1, -0.05) is 51.0 Å². The van der Waals surface area contributed by atoms with Gasteiger partial charge in [0.1, 0.15) is 0 Å². The van der Waals surface area contributed by atoms with Crippen molar-refractivity contribution >= 4 is 16.7 Å². The number of guanidine groups is 1. The van der Waals surface area contributed by atoms with Gasteiger partial charge in [-0.2, -0.15) is 0 Å². The van der Waals surface area contributed by atoms with E-state index in [1.165, 1.54) is 23.6 Å². The summed E-state index contributed by atoms with van der Waals surface area (Å²) < 4.78 is 0. The molecule has 0 saturated heterocycles. The van der Waals surface area contributed by atoms with Gasteiger partial charge >= 0.3 is 0 Å². The highest BCUT2D eigenvalue weighted by molar-refractivity contribution is 5.85. The third-order valence-electron chi connectivity index (χ3n) is 4.20. The van der Waals surface area contributed by atoms with Crippen molar-refractivity contribution < 1.29 is 0 Å². The molecule has 2 rings (SSSR count). The molecular weight excluding hydrogens is 284 g/mol. The normalized spacial score (nSPS) is 11.9. The molecule has 0 saturated carbocycles. The zero-order valence-corrected chi connectivity index (χ0v) is 14.5. The van der Waals surface area contributed by atoms with Crippen molar-refractivity contribution in [1.82, 2.24) is 15.6 Å². The number of nitrogens with one attached hydrogen (secondary N) is 2. The first-order valence-corrected chi connectivity index (χ1v) is 8.63. The maximum atomic E-state index is 4.71. The number of rotatable bonds is 7. The predicted molar refractivity (Wildman–Crippen MR) is 98.6 cm³/mol. The van der Waals surface area contributed by atoms with Crippen LogP contribution in [0.25, 0.3) is 10.8 Å². The number of fused-ring (bicyclic) bond motifs is 1. The van der Waals surface area contributed by atoms with Crippen LogP contribution in [0.4, 0.5) is 0 Å². The molecule has 0 fully saturated rings. The fraction of sp³-hybridized carbons (Fsp3) is 0.474. The highest BCUT2D eigenvalue weighted by Gasteiger charge is 2.06. The Labute approximate surface area is 139 Å². The van der Waals surface area contributed by atoms with Crippen LogP contribution >= 0.6 is 0 Å². The first-order chi connectivity index (χ1) is 11.3. The monoisotopic (exact) mass is 312 g/mol. The van der Waals surface area contributed by atoms with E-state index < -0.39 is 0 Å². The van der Waals surface area contributed by atoms with Gasteiger partial charge in [-0.25, -0.2) is 4.99 Å².